The highest BCUT2D eigenvalue weighted by molar-refractivity contribution is 5.74. The number of carbonyl (C=O) groups is 4. The second-order valence-corrected chi connectivity index (χ2v) is 28.2. The average Bonchev–Trinajstić information content (AvgIpc) is 0.755. The minimum atomic E-state index is -2.60. The Balaban J connectivity index is 1.09. The van der Waals surface area contributed by atoms with Crippen LogP contribution in [-0.4, -0.2) is 487 Å². The molecule has 9 aliphatic heterocycles. The summed E-state index contributed by atoms with van der Waals surface area (Å²) in [6.07, 6.45) is -85.9. The van der Waals surface area contributed by atoms with Gasteiger partial charge in [-0.1, -0.05) is 0 Å². The standard InChI is InChI=1S/C62H104N4O46/c1-14(75)63-27-35(83)47(21(8-70)97-54(27)95)106-55-28(64-15(2)76)37(85)50(24(11-73)101-55)110-61-46(94)52(34(82)26(105-61)13-96-58-42(90)39(87)31(79)18(5-67)98-58)111-62-53(112-57-30(66-17(4)78)38(86)49(23(10-72)103-57)109-60-44(92)41(89)33(81)20(7-69)100-60)45(93)51(25(12-74)104-62)107-56-29(65-16(3)77)36(84)48(22(9-71)102-56)108-59-43(91)40(88)32(80)19(6-68)99-59/h18-62,67-74,79-95H,5-13H2,1-4H3,(H,63,75)(H,64,76)(H,65,77)(H,66,78)/t18-,19-,20-,21-,22-,23-,24-,25-,26-,27-,28-,29-,30-,31-,32+,33+,34-,35-,36-,37-,38-,39+,40+,41+,42+,43-,44-,45+,46+,47-,48-,49-,50-,51-,52+,53+,54-,55+,56+,57+,58+,59+,60+,61+,62-/m1/s1. The van der Waals surface area contributed by atoms with E-state index < -0.39 is 359 Å². The summed E-state index contributed by atoms with van der Waals surface area (Å²) in [6, 6.07) is -7.58. The Morgan fingerprint density at radius 2 is 0.482 bits per heavy atom. The maximum Gasteiger partial charge on any atom is 0.217 e. The first-order valence-electron chi connectivity index (χ1n) is 35.6. The molecule has 0 radical (unpaired) electrons. The van der Waals surface area contributed by atoms with Gasteiger partial charge in [-0.05, 0) is 0 Å². The van der Waals surface area contributed by atoms with E-state index in [2.05, 4.69) is 21.3 Å². The molecule has 9 saturated heterocycles. The normalized spacial score (nSPS) is 48.9. The summed E-state index contributed by atoms with van der Waals surface area (Å²) in [4.78, 5) is 51.3. The number of amides is 4. The van der Waals surface area contributed by atoms with E-state index in [1.165, 1.54) is 0 Å². The molecule has 0 aliphatic carbocycles. The summed E-state index contributed by atoms with van der Waals surface area (Å²) in [6.45, 7) is -6.13. The van der Waals surface area contributed by atoms with Gasteiger partial charge in [0.1, 0.15) is 219 Å². The molecule has 112 heavy (non-hydrogen) atoms. The van der Waals surface area contributed by atoms with Gasteiger partial charge in [0, 0.05) is 27.7 Å². The van der Waals surface area contributed by atoms with Gasteiger partial charge in [0.05, 0.1) is 59.5 Å². The summed E-state index contributed by atoms with van der Waals surface area (Å²) < 4.78 is 101. The van der Waals surface area contributed by atoms with E-state index >= 15 is 0 Å². The van der Waals surface area contributed by atoms with Crippen LogP contribution in [0.2, 0.25) is 0 Å². The van der Waals surface area contributed by atoms with Crippen molar-refractivity contribution >= 4 is 23.6 Å². The number of aliphatic hydroxyl groups excluding tert-OH is 25. The lowest BCUT2D eigenvalue weighted by Gasteiger charge is -2.52. The molecule has 9 aliphatic rings. The van der Waals surface area contributed by atoms with Crippen molar-refractivity contribution < 1.29 is 227 Å². The highest BCUT2D eigenvalue weighted by Gasteiger charge is 2.62. The van der Waals surface area contributed by atoms with Gasteiger partial charge in [-0.2, -0.15) is 0 Å². The molecular weight excluding hydrogens is 1540 g/mol. The summed E-state index contributed by atoms with van der Waals surface area (Å²) in [7, 11) is 0. The lowest BCUT2D eigenvalue weighted by atomic mass is 9.93. The molecule has 0 aromatic carbocycles. The third-order valence-corrected chi connectivity index (χ3v) is 20.4. The first-order valence-corrected chi connectivity index (χ1v) is 35.6. The molecule has 50 heteroatoms. The second kappa shape index (κ2) is 40.3. The van der Waals surface area contributed by atoms with Gasteiger partial charge >= 0.3 is 0 Å². The number of rotatable bonds is 29. The monoisotopic (exact) mass is 1640 g/mol. The molecule has 45 atom stereocenters. The predicted molar refractivity (Wildman–Crippen MR) is 343 cm³/mol. The van der Waals surface area contributed by atoms with Crippen LogP contribution in [0.15, 0.2) is 0 Å². The van der Waals surface area contributed by atoms with E-state index in [1.807, 2.05) is 0 Å². The number of hydrogen-bond donors (Lipinski definition) is 29. The van der Waals surface area contributed by atoms with Gasteiger partial charge in [-0.3, -0.25) is 19.2 Å². The van der Waals surface area contributed by atoms with E-state index in [9.17, 15) is 147 Å². The number of ether oxygens (including phenoxy) is 17. The molecule has 50 nitrogen and oxygen atoms in total. The molecular formula is C62H104N4O46. The minimum absolute atomic E-state index is 0.784. The van der Waals surface area contributed by atoms with Crippen molar-refractivity contribution in [2.24, 2.45) is 0 Å². The lowest BCUT2D eigenvalue weighted by Crippen LogP contribution is -2.71. The highest BCUT2D eigenvalue weighted by atomic mass is 16.8. The average molecular weight is 1640 g/mol. The number of carbonyl (C=O) groups excluding carboxylic acids is 4. The minimum Gasteiger partial charge on any atom is -0.394 e. The first kappa shape index (κ1) is 92.1. The Morgan fingerprint density at radius 3 is 0.830 bits per heavy atom. The van der Waals surface area contributed by atoms with E-state index in [0.717, 1.165) is 27.7 Å². The smallest absolute Gasteiger partial charge is 0.217 e. The Bertz CT molecular complexity index is 2970. The fraction of sp³-hybridized carbons (Fsp3) is 0.935. The molecule has 9 rings (SSSR count). The number of hydrogen-bond acceptors (Lipinski definition) is 46. The van der Waals surface area contributed by atoms with Crippen LogP contribution in [-0.2, 0) is 99.7 Å². The molecule has 0 bridgehead atoms. The quantitative estimate of drug-likeness (QED) is 0.0331. The van der Waals surface area contributed by atoms with Crippen LogP contribution in [0.25, 0.3) is 0 Å². The van der Waals surface area contributed by atoms with Gasteiger partial charge in [0.25, 0.3) is 0 Å². The van der Waals surface area contributed by atoms with Crippen LogP contribution in [0.3, 0.4) is 0 Å². The maximum absolute atomic E-state index is 13.2. The van der Waals surface area contributed by atoms with Gasteiger partial charge in [0.2, 0.25) is 23.6 Å². The predicted octanol–water partition coefficient (Wildman–Crippen LogP) is -20.1. The zero-order chi connectivity index (χ0) is 82.5. The molecule has 0 aromatic heterocycles. The van der Waals surface area contributed by atoms with E-state index in [-0.39, 0.29) is 0 Å². The summed E-state index contributed by atoms with van der Waals surface area (Å²) in [5.74, 6) is -3.70. The fourth-order valence-corrected chi connectivity index (χ4v) is 14.5. The van der Waals surface area contributed by atoms with Crippen molar-refractivity contribution in [1.82, 2.24) is 21.3 Å². The fourth-order valence-electron chi connectivity index (χ4n) is 14.5. The van der Waals surface area contributed by atoms with Crippen molar-refractivity contribution in [2.75, 3.05) is 59.5 Å². The van der Waals surface area contributed by atoms with Crippen LogP contribution in [0.5, 0.6) is 0 Å². The Labute approximate surface area is 634 Å². The second-order valence-electron chi connectivity index (χ2n) is 28.2. The SMILES string of the molecule is CC(=O)N[C@@H]1[C@@H](O)[C@H](O[C@@H]2O[C@H](CO)[C@@H](O[C@@H]3O[C@H](CO[C@H]4O[C@H](CO)[C@@H](O)[C@H](O)[C@@H]4O)[C@@H](O)[C@H](O[C@H]4O[C@H](CO)[C@@H](O[C@@H]5O[C@H](CO)[C@@H](O[C@@H]6O[C@H](CO)[C@H](O)[C@H](O)[C@H]6O)[C@H](O)[C@H]5NC(C)=O)[C@H](O)[C@@H]4O[C@@H]4O[C@H](CO)[C@@H](O[C@@H]5O[C@H](CO)[C@H](O)[C@H](O)[C@H]5O)[C@H](O)[C@H]4NC(C)=O)[C@@H]3O)[C@H](O)[C@H]2NC(C)=O)[C@@H](CO)O[C@H]1O. The van der Waals surface area contributed by atoms with Crippen molar-refractivity contribution in [2.45, 2.75) is 304 Å². The van der Waals surface area contributed by atoms with E-state index in [1.54, 1.807) is 0 Å². The zero-order valence-corrected chi connectivity index (χ0v) is 60.1. The van der Waals surface area contributed by atoms with Gasteiger partial charge in [-0.25, -0.2) is 0 Å². The molecule has 0 saturated carbocycles. The Hall–Kier alpha value is -3.80. The van der Waals surface area contributed by atoms with Crippen molar-refractivity contribution in [1.29, 1.82) is 0 Å². The maximum atomic E-state index is 13.2. The molecule has 4 amide bonds. The third kappa shape index (κ3) is 20.2. The first-order chi connectivity index (χ1) is 53.0. The van der Waals surface area contributed by atoms with Crippen LogP contribution >= 0.6 is 0 Å². The van der Waals surface area contributed by atoms with E-state index in [4.69, 9.17) is 80.5 Å². The van der Waals surface area contributed by atoms with Gasteiger partial charge < -0.3 is 229 Å². The molecule has 0 aromatic rings. The van der Waals surface area contributed by atoms with Crippen molar-refractivity contribution in [3.63, 3.8) is 0 Å². The largest absolute Gasteiger partial charge is 0.394 e. The zero-order valence-electron chi connectivity index (χ0n) is 60.1. The lowest BCUT2D eigenvalue weighted by molar-refractivity contribution is -0.406. The van der Waals surface area contributed by atoms with Crippen LogP contribution in [0.4, 0.5) is 0 Å². The van der Waals surface area contributed by atoms with E-state index in [0.29, 0.717) is 0 Å². The van der Waals surface area contributed by atoms with Crippen molar-refractivity contribution in [3.8, 4) is 0 Å². The molecule has 648 valence electrons. The summed E-state index contributed by atoms with van der Waals surface area (Å²) in [5.41, 5.74) is 0. The van der Waals surface area contributed by atoms with Gasteiger partial charge in [0.15, 0.2) is 56.6 Å². The van der Waals surface area contributed by atoms with Crippen LogP contribution in [0.1, 0.15) is 27.7 Å². The molecule has 29 N–H and O–H groups in total. The Morgan fingerprint density at radius 1 is 0.232 bits per heavy atom. The number of nitrogens with one attached hydrogen (secondary N) is 4. The molecule has 0 unspecified atom stereocenters. The third-order valence-electron chi connectivity index (χ3n) is 20.4. The molecule has 9 heterocycles. The summed E-state index contributed by atoms with van der Waals surface area (Å²) >= 11 is 0. The molecule has 0 spiro atoms. The highest BCUT2D eigenvalue weighted by Crippen LogP contribution is 2.41. The van der Waals surface area contributed by atoms with Crippen molar-refractivity contribution in [3.05, 3.63) is 0 Å². The van der Waals surface area contributed by atoms with Crippen LogP contribution < -0.4 is 21.3 Å². The topological polar surface area (TPSA) is 779 Å². The summed E-state index contributed by atoms with van der Waals surface area (Å²) in [5, 5.41) is 287. The number of aliphatic hydroxyl groups is 25. The van der Waals surface area contributed by atoms with Gasteiger partial charge in [-0.15, -0.1) is 0 Å². The molecule has 9 fully saturated rings. The van der Waals surface area contributed by atoms with Crippen LogP contribution in [0, 0.1) is 0 Å². The Kier molecular flexibility index (Phi) is 33.1.